The number of H-pyrrole nitrogens is 1. The van der Waals surface area contributed by atoms with E-state index in [2.05, 4.69) is 76.8 Å². The average Bonchev–Trinajstić information content (AvgIpc) is 3.21. The molecular weight excluding hydrogens is 420 g/mol. The molecule has 0 bridgehead atoms. The Labute approximate surface area is 191 Å². The summed E-state index contributed by atoms with van der Waals surface area (Å²) in [5, 5.41) is 1.27. The Morgan fingerprint density at radius 3 is 2.48 bits per heavy atom. The molecule has 1 aromatic heterocycles. The SMILES string of the molecule is CSc1ccc([C@@H]2c3[nH]c4ccccc4c3CCN2C(=O)CSc2ccccc2)cc1. The second-order valence-corrected chi connectivity index (χ2v) is 9.61. The standard InChI is InChI=1S/C26H24N2OS2/c1-30-19-13-11-18(12-14-19)26-25-22(21-9-5-6-10-23(21)27-25)15-16-28(26)24(29)17-31-20-7-3-2-4-8-20/h2-14,26-27H,15-17H2,1H3/t26-/m1/s1. The molecule has 1 N–H and O–H groups in total. The molecule has 0 saturated heterocycles. The molecular formula is C26H24N2OS2. The van der Waals surface area contributed by atoms with Crippen molar-refractivity contribution in [1.29, 1.82) is 0 Å². The van der Waals surface area contributed by atoms with Crippen LogP contribution in [-0.2, 0) is 11.2 Å². The van der Waals surface area contributed by atoms with Gasteiger partial charge in [0.25, 0.3) is 0 Å². The number of fused-ring (bicyclic) bond motifs is 3. The van der Waals surface area contributed by atoms with E-state index in [1.54, 1.807) is 23.5 Å². The van der Waals surface area contributed by atoms with E-state index in [9.17, 15) is 4.79 Å². The molecule has 0 radical (unpaired) electrons. The van der Waals surface area contributed by atoms with Crippen LogP contribution in [0.3, 0.4) is 0 Å². The third kappa shape index (κ3) is 4.00. The van der Waals surface area contributed by atoms with Crippen molar-refractivity contribution in [3.05, 3.63) is 95.7 Å². The van der Waals surface area contributed by atoms with Gasteiger partial charge in [-0.05, 0) is 54.1 Å². The van der Waals surface area contributed by atoms with Crippen LogP contribution in [0.15, 0.2) is 88.7 Å². The molecule has 0 unspecified atom stereocenters. The van der Waals surface area contributed by atoms with Crippen molar-refractivity contribution in [2.75, 3.05) is 18.6 Å². The van der Waals surface area contributed by atoms with Gasteiger partial charge in [-0.2, -0.15) is 0 Å². The van der Waals surface area contributed by atoms with Gasteiger partial charge in [-0.25, -0.2) is 0 Å². The van der Waals surface area contributed by atoms with E-state index in [0.717, 1.165) is 34.6 Å². The zero-order chi connectivity index (χ0) is 21.2. The third-order valence-electron chi connectivity index (χ3n) is 5.89. The van der Waals surface area contributed by atoms with E-state index in [1.807, 2.05) is 18.2 Å². The first-order chi connectivity index (χ1) is 15.2. The molecule has 5 rings (SSSR count). The smallest absolute Gasteiger partial charge is 0.233 e. The van der Waals surface area contributed by atoms with Crippen molar-refractivity contribution in [1.82, 2.24) is 9.88 Å². The Bertz CT molecular complexity index is 1200. The number of nitrogens with one attached hydrogen (secondary N) is 1. The van der Waals surface area contributed by atoms with Crippen molar-refractivity contribution in [3.63, 3.8) is 0 Å². The molecule has 31 heavy (non-hydrogen) atoms. The highest BCUT2D eigenvalue weighted by Crippen LogP contribution is 2.39. The highest BCUT2D eigenvalue weighted by Gasteiger charge is 2.34. The molecule has 2 heterocycles. The lowest BCUT2D eigenvalue weighted by Gasteiger charge is -2.36. The van der Waals surface area contributed by atoms with Gasteiger partial charge in [-0.3, -0.25) is 4.79 Å². The van der Waals surface area contributed by atoms with Gasteiger partial charge in [-0.15, -0.1) is 23.5 Å². The number of hydrogen-bond acceptors (Lipinski definition) is 3. The summed E-state index contributed by atoms with van der Waals surface area (Å²) in [6.07, 6.45) is 2.96. The topological polar surface area (TPSA) is 36.1 Å². The number of para-hydroxylation sites is 1. The van der Waals surface area contributed by atoms with Crippen LogP contribution < -0.4 is 0 Å². The number of carbonyl (C=O) groups excluding carboxylic acids is 1. The number of hydrogen-bond donors (Lipinski definition) is 1. The number of aromatic amines is 1. The first-order valence-corrected chi connectivity index (χ1v) is 12.7. The van der Waals surface area contributed by atoms with Gasteiger partial charge in [0.15, 0.2) is 0 Å². The molecule has 1 aliphatic rings. The molecule has 4 aromatic rings. The van der Waals surface area contributed by atoms with Crippen LogP contribution in [0.2, 0.25) is 0 Å². The second kappa shape index (κ2) is 8.85. The molecule has 1 atom stereocenters. The third-order valence-corrected chi connectivity index (χ3v) is 7.63. The van der Waals surface area contributed by atoms with E-state index in [1.165, 1.54) is 15.8 Å². The van der Waals surface area contributed by atoms with Crippen molar-refractivity contribution in [3.8, 4) is 0 Å². The maximum absolute atomic E-state index is 13.4. The minimum atomic E-state index is -0.0871. The van der Waals surface area contributed by atoms with Crippen LogP contribution >= 0.6 is 23.5 Å². The number of amides is 1. The summed E-state index contributed by atoms with van der Waals surface area (Å²) >= 11 is 3.34. The molecule has 0 saturated carbocycles. The fourth-order valence-corrected chi connectivity index (χ4v) is 5.60. The molecule has 5 heteroatoms. The first-order valence-electron chi connectivity index (χ1n) is 10.5. The van der Waals surface area contributed by atoms with E-state index in [4.69, 9.17) is 0 Å². The lowest BCUT2D eigenvalue weighted by atomic mass is 9.92. The summed E-state index contributed by atoms with van der Waals surface area (Å²) in [5.74, 6) is 0.621. The largest absolute Gasteiger partial charge is 0.356 e. The van der Waals surface area contributed by atoms with Gasteiger partial charge in [-0.1, -0.05) is 48.5 Å². The minimum absolute atomic E-state index is 0.0871. The maximum Gasteiger partial charge on any atom is 0.233 e. The zero-order valence-corrected chi connectivity index (χ0v) is 19.0. The monoisotopic (exact) mass is 444 g/mol. The Hall–Kier alpha value is -2.63. The molecule has 0 aliphatic carbocycles. The van der Waals surface area contributed by atoms with Gasteiger partial charge >= 0.3 is 0 Å². The molecule has 3 nitrogen and oxygen atoms in total. The number of benzene rings is 3. The van der Waals surface area contributed by atoms with Gasteiger partial charge in [0.1, 0.15) is 0 Å². The van der Waals surface area contributed by atoms with E-state index < -0.39 is 0 Å². The Balaban J connectivity index is 1.51. The second-order valence-electron chi connectivity index (χ2n) is 7.68. The number of nitrogens with zero attached hydrogens (tertiary/aromatic N) is 1. The van der Waals surface area contributed by atoms with Gasteiger partial charge in [0, 0.05) is 32.9 Å². The maximum atomic E-state index is 13.4. The van der Waals surface area contributed by atoms with Gasteiger partial charge < -0.3 is 9.88 Å². The summed E-state index contributed by atoms with van der Waals surface area (Å²) in [6.45, 7) is 0.734. The highest BCUT2D eigenvalue weighted by molar-refractivity contribution is 8.00. The molecule has 0 fully saturated rings. The van der Waals surface area contributed by atoms with Crippen LogP contribution in [-0.4, -0.2) is 34.3 Å². The summed E-state index contributed by atoms with van der Waals surface area (Å²) in [5.41, 5.74) is 4.80. The minimum Gasteiger partial charge on any atom is -0.356 e. The van der Waals surface area contributed by atoms with Crippen LogP contribution in [0.4, 0.5) is 0 Å². The molecule has 3 aromatic carbocycles. The molecule has 0 spiro atoms. The van der Waals surface area contributed by atoms with Gasteiger partial charge in [0.2, 0.25) is 5.91 Å². The van der Waals surface area contributed by atoms with Crippen LogP contribution in [0.1, 0.15) is 22.9 Å². The number of carbonyl (C=O) groups is 1. The zero-order valence-electron chi connectivity index (χ0n) is 17.4. The van der Waals surface area contributed by atoms with Crippen molar-refractivity contribution in [2.24, 2.45) is 0 Å². The Kier molecular flexibility index (Phi) is 5.79. The quantitative estimate of drug-likeness (QED) is 0.375. The predicted molar refractivity (Wildman–Crippen MR) is 131 cm³/mol. The van der Waals surface area contributed by atoms with Crippen molar-refractivity contribution >= 4 is 40.3 Å². The summed E-state index contributed by atoms with van der Waals surface area (Å²) in [6, 6.07) is 27.2. The van der Waals surface area contributed by atoms with E-state index in [0.29, 0.717) is 5.75 Å². The molecule has 1 amide bonds. The first kappa shape index (κ1) is 20.3. The van der Waals surface area contributed by atoms with Crippen LogP contribution in [0, 0.1) is 0 Å². The Morgan fingerprint density at radius 1 is 0.968 bits per heavy atom. The highest BCUT2D eigenvalue weighted by atomic mass is 32.2. The lowest BCUT2D eigenvalue weighted by Crippen LogP contribution is -2.41. The lowest BCUT2D eigenvalue weighted by molar-refractivity contribution is -0.130. The van der Waals surface area contributed by atoms with Crippen LogP contribution in [0.25, 0.3) is 10.9 Å². The molecule has 1 aliphatic heterocycles. The fourth-order valence-electron chi connectivity index (χ4n) is 4.39. The summed E-state index contributed by atoms with van der Waals surface area (Å²) in [4.78, 5) is 21.4. The Morgan fingerprint density at radius 2 is 1.71 bits per heavy atom. The normalized spacial score (nSPS) is 15.8. The van der Waals surface area contributed by atoms with Crippen molar-refractivity contribution in [2.45, 2.75) is 22.3 Å². The fraction of sp³-hybridized carbons (Fsp3) is 0.192. The number of rotatable bonds is 5. The average molecular weight is 445 g/mol. The van der Waals surface area contributed by atoms with Crippen LogP contribution in [0.5, 0.6) is 0 Å². The molecule has 156 valence electrons. The van der Waals surface area contributed by atoms with Crippen molar-refractivity contribution < 1.29 is 4.79 Å². The van der Waals surface area contributed by atoms with E-state index in [-0.39, 0.29) is 11.9 Å². The number of thioether (sulfide) groups is 2. The summed E-state index contributed by atoms with van der Waals surface area (Å²) < 4.78 is 0. The van der Waals surface area contributed by atoms with E-state index >= 15 is 0 Å². The van der Waals surface area contributed by atoms with Gasteiger partial charge in [0.05, 0.1) is 11.8 Å². The number of aromatic nitrogens is 1. The predicted octanol–water partition coefficient (Wildman–Crippen LogP) is 6.16. The summed E-state index contributed by atoms with van der Waals surface area (Å²) in [7, 11) is 0.